The van der Waals surface area contributed by atoms with Gasteiger partial charge in [-0.25, -0.2) is 0 Å². The monoisotopic (exact) mass is 162 g/mol. The van der Waals surface area contributed by atoms with Gasteiger partial charge in [-0.1, -0.05) is 0 Å². The molecule has 0 bridgehead atoms. The maximum absolute atomic E-state index is 11.1. The van der Waals surface area contributed by atoms with Crippen molar-refractivity contribution in [1.82, 2.24) is 4.98 Å². The molecule has 0 aliphatic carbocycles. The normalized spacial score (nSPS) is 9.50. The summed E-state index contributed by atoms with van der Waals surface area (Å²) in [4.78, 5) is 13.9. The minimum atomic E-state index is 0.00255. The first-order valence-electron chi connectivity index (χ1n) is 3.68. The Hall–Kier alpha value is -1.56. The average molecular weight is 162 g/mol. The van der Waals surface area contributed by atoms with E-state index in [0.717, 1.165) is 11.3 Å². The number of nitriles is 1. The molecule has 3 heteroatoms. The van der Waals surface area contributed by atoms with Crippen molar-refractivity contribution >= 4 is 5.78 Å². The molecule has 1 aromatic rings. The quantitative estimate of drug-likeness (QED) is 0.639. The van der Waals surface area contributed by atoms with Crippen molar-refractivity contribution in [2.75, 3.05) is 0 Å². The first-order valence-corrected chi connectivity index (χ1v) is 3.68. The largest absolute Gasteiger partial charge is 0.350 e. The second-order valence-corrected chi connectivity index (χ2v) is 2.79. The maximum atomic E-state index is 11.1. The van der Waals surface area contributed by atoms with Crippen LogP contribution in [0.3, 0.4) is 0 Å². The number of Topliss-reactive ketones (excluding diaryl/α,β-unsaturated/α-hetero) is 1. The summed E-state index contributed by atoms with van der Waals surface area (Å²) in [6.45, 7) is 5.08. The third-order valence-electron chi connectivity index (χ3n) is 1.90. The van der Waals surface area contributed by atoms with Gasteiger partial charge in [-0.2, -0.15) is 5.26 Å². The van der Waals surface area contributed by atoms with Gasteiger partial charge >= 0.3 is 0 Å². The fourth-order valence-electron chi connectivity index (χ4n) is 1.39. The summed E-state index contributed by atoms with van der Waals surface area (Å²) in [5.41, 5.74) is 2.66. The van der Waals surface area contributed by atoms with Gasteiger partial charge in [0.2, 0.25) is 0 Å². The summed E-state index contributed by atoms with van der Waals surface area (Å²) in [5.74, 6) is 0.00255. The minimum absolute atomic E-state index is 0.00255. The molecule has 1 aromatic heterocycles. The fourth-order valence-corrected chi connectivity index (χ4v) is 1.39. The van der Waals surface area contributed by atoms with Crippen molar-refractivity contribution in [3.63, 3.8) is 0 Å². The Morgan fingerprint density at radius 2 is 2.08 bits per heavy atom. The molecule has 1 rings (SSSR count). The summed E-state index contributed by atoms with van der Waals surface area (Å²) < 4.78 is 0. The van der Waals surface area contributed by atoms with E-state index in [2.05, 4.69) is 4.98 Å². The van der Waals surface area contributed by atoms with Crippen LogP contribution in [-0.4, -0.2) is 10.8 Å². The van der Waals surface area contributed by atoms with Crippen molar-refractivity contribution in [3.05, 3.63) is 22.5 Å². The van der Waals surface area contributed by atoms with Crippen molar-refractivity contribution in [2.45, 2.75) is 20.8 Å². The van der Waals surface area contributed by atoms with Crippen molar-refractivity contribution in [3.8, 4) is 6.07 Å². The molecule has 0 aromatic carbocycles. The van der Waals surface area contributed by atoms with Crippen LogP contribution in [0.4, 0.5) is 0 Å². The molecule has 0 saturated heterocycles. The smallest absolute Gasteiger partial charge is 0.161 e. The SMILES string of the molecule is CC(=O)c1c(C)[nH]c(C#N)c1C. The minimum Gasteiger partial charge on any atom is -0.350 e. The van der Waals surface area contributed by atoms with E-state index in [1.165, 1.54) is 6.92 Å². The second kappa shape index (κ2) is 2.82. The van der Waals surface area contributed by atoms with Crippen LogP contribution in [0, 0.1) is 25.2 Å². The summed E-state index contributed by atoms with van der Waals surface area (Å²) in [6.07, 6.45) is 0. The maximum Gasteiger partial charge on any atom is 0.161 e. The summed E-state index contributed by atoms with van der Waals surface area (Å²) >= 11 is 0. The highest BCUT2D eigenvalue weighted by atomic mass is 16.1. The molecular weight excluding hydrogens is 152 g/mol. The lowest BCUT2D eigenvalue weighted by Gasteiger charge is -1.93. The van der Waals surface area contributed by atoms with E-state index in [9.17, 15) is 4.79 Å². The van der Waals surface area contributed by atoms with Crippen LogP contribution in [0.1, 0.15) is 34.2 Å². The molecular formula is C9H10N2O. The van der Waals surface area contributed by atoms with Crippen LogP contribution in [0.15, 0.2) is 0 Å². The van der Waals surface area contributed by atoms with Gasteiger partial charge in [0.25, 0.3) is 0 Å². The van der Waals surface area contributed by atoms with Gasteiger partial charge in [0.15, 0.2) is 5.78 Å². The number of rotatable bonds is 1. The number of carbonyl (C=O) groups excluding carboxylic acids is 1. The molecule has 0 fully saturated rings. The number of carbonyl (C=O) groups is 1. The number of aromatic amines is 1. The Balaban J connectivity index is 3.40. The zero-order valence-electron chi connectivity index (χ0n) is 7.36. The fraction of sp³-hybridized carbons (Fsp3) is 0.333. The topological polar surface area (TPSA) is 56.6 Å². The van der Waals surface area contributed by atoms with Gasteiger partial charge in [-0.15, -0.1) is 0 Å². The zero-order valence-corrected chi connectivity index (χ0v) is 7.36. The summed E-state index contributed by atoms with van der Waals surface area (Å²) in [5, 5.41) is 8.65. The number of hydrogen-bond acceptors (Lipinski definition) is 2. The molecule has 3 nitrogen and oxygen atoms in total. The number of aryl methyl sites for hydroxylation is 1. The molecule has 0 aliphatic heterocycles. The highest BCUT2D eigenvalue weighted by Gasteiger charge is 2.13. The lowest BCUT2D eigenvalue weighted by Crippen LogP contribution is -1.94. The van der Waals surface area contributed by atoms with Crippen molar-refractivity contribution < 1.29 is 4.79 Å². The lowest BCUT2D eigenvalue weighted by atomic mass is 10.1. The van der Waals surface area contributed by atoms with E-state index in [0.29, 0.717) is 11.3 Å². The van der Waals surface area contributed by atoms with Gasteiger partial charge in [-0.3, -0.25) is 4.79 Å². The van der Waals surface area contributed by atoms with Crippen LogP contribution in [0.25, 0.3) is 0 Å². The Labute approximate surface area is 71.0 Å². The Bertz CT molecular complexity index is 369. The van der Waals surface area contributed by atoms with Gasteiger partial charge in [0, 0.05) is 11.3 Å². The third kappa shape index (κ3) is 1.12. The molecule has 0 atom stereocenters. The molecule has 0 aliphatic rings. The molecule has 12 heavy (non-hydrogen) atoms. The number of hydrogen-bond donors (Lipinski definition) is 1. The molecule has 0 radical (unpaired) electrons. The third-order valence-corrected chi connectivity index (χ3v) is 1.90. The Morgan fingerprint density at radius 3 is 2.33 bits per heavy atom. The Kier molecular flexibility index (Phi) is 2.01. The van der Waals surface area contributed by atoms with Crippen LogP contribution < -0.4 is 0 Å². The van der Waals surface area contributed by atoms with E-state index in [-0.39, 0.29) is 5.78 Å². The molecule has 1 N–H and O–H groups in total. The predicted octanol–water partition coefficient (Wildman–Crippen LogP) is 1.71. The van der Waals surface area contributed by atoms with Crippen LogP contribution >= 0.6 is 0 Å². The van der Waals surface area contributed by atoms with Gasteiger partial charge < -0.3 is 4.98 Å². The van der Waals surface area contributed by atoms with Gasteiger partial charge in [0.05, 0.1) is 0 Å². The molecule has 0 saturated carbocycles. The first-order chi connectivity index (χ1) is 5.57. The number of H-pyrrole nitrogens is 1. The van der Waals surface area contributed by atoms with E-state index >= 15 is 0 Å². The standard InChI is InChI=1S/C9H10N2O/c1-5-8(4-10)11-6(2)9(5)7(3)12/h11H,1-3H3. The van der Waals surface area contributed by atoms with Crippen molar-refractivity contribution in [2.24, 2.45) is 0 Å². The van der Waals surface area contributed by atoms with Crippen LogP contribution in [0.2, 0.25) is 0 Å². The number of nitrogens with zero attached hydrogens (tertiary/aromatic N) is 1. The average Bonchev–Trinajstić information content (AvgIpc) is 2.25. The van der Waals surface area contributed by atoms with Crippen LogP contribution in [0.5, 0.6) is 0 Å². The van der Waals surface area contributed by atoms with Gasteiger partial charge in [-0.05, 0) is 26.3 Å². The molecule has 0 spiro atoms. The highest BCUT2D eigenvalue weighted by Crippen LogP contribution is 2.17. The molecule has 0 amide bonds. The lowest BCUT2D eigenvalue weighted by molar-refractivity contribution is 0.101. The Morgan fingerprint density at radius 1 is 1.50 bits per heavy atom. The van der Waals surface area contributed by atoms with E-state index in [1.807, 2.05) is 6.07 Å². The van der Waals surface area contributed by atoms with E-state index in [4.69, 9.17) is 5.26 Å². The van der Waals surface area contributed by atoms with E-state index in [1.54, 1.807) is 13.8 Å². The van der Waals surface area contributed by atoms with Crippen molar-refractivity contribution in [1.29, 1.82) is 5.26 Å². The molecule has 62 valence electrons. The second-order valence-electron chi connectivity index (χ2n) is 2.79. The zero-order chi connectivity index (χ0) is 9.30. The predicted molar refractivity (Wildman–Crippen MR) is 45.0 cm³/mol. The molecule has 0 unspecified atom stereocenters. The highest BCUT2D eigenvalue weighted by molar-refractivity contribution is 5.97. The summed E-state index contributed by atoms with van der Waals surface area (Å²) in [6, 6.07) is 2.00. The first kappa shape index (κ1) is 8.54. The number of aromatic nitrogens is 1. The number of ketones is 1. The molecule has 1 heterocycles. The van der Waals surface area contributed by atoms with Crippen LogP contribution in [-0.2, 0) is 0 Å². The van der Waals surface area contributed by atoms with E-state index < -0.39 is 0 Å². The number of nitrogens with one attached hydrogen (secondary N) is 1. The van der Waals surface area contributed by atoms with Gasteiger partial charge in [0.1, 0.15) is 11.8 Å². The summed E-state index contributed by atoms with van der Waals surface area (Å²) in [7, 11) is 0.